The molecular weight excluding hydrogens is 312 g/mol. The maximum atomic E-state index is 12.4. The van der Waals surface area contributed by atoms with E-state index in [1.54, 1.807) is 12.3 Å². The van der Waals surface area contributed by atoms with Crippen molar-refractivity contribution in [3.63, 3.8) is 0 Å². The second-order valence-electron chi connectivity index (χ2n) is 5.71. The summed E-state index contributed by atoms with van der Waals surface area (Å²) in [6.45, 7) is 4.06. The molecule has 0 aliphatic rings. The summed E-state index contributed by atoms with van der Waals surface area (Å²) in [6, 6.07) is 17.3. The molecular formula is C20H20N4O. The zero-order valence-corrected chi connectivity index (χ0v) is 14.3. The third-order valence-corrected chi connectivity index (χ3v) is 3.90. The lowest BCUT2D eigenvalue weighted by Gasteiger charge is -2.09. The molecule has 1 aromatic heterocycles. The van der Waals surface area contributed by atoms with E-state index in [0.717, 1.165) is 23.4 Å². The summed E-state index contributed by atoms with van der Waals surface area (Å²) in [6.07, 6.45) is 2.56. The van der Waals surface area contributed by atoms with Crippen LogP contribution in [0.15, 0.2) is 60.8 Å². The first-order valence-corrected chi connectivity index (χ1v) is 8.21. The number of hydrogen-bond donors (Lipinski definition) is 2. The van der Waals surface area contributed by atoms with Crippen molar-refractivity contribution in [2.24, 2.45) is 0 Å². The van der Waals surface area contributed by atoms with E-state index in [1.807, 2.05) is 43.3 Å². The fourth-order valence-corrected chi connectivity index (χ4v) is 2.40. The Hall–Kier alpha value is -3.21. The molecule has 3 rings (SSSR count). The number of amides is 1. The van der Waals surface area contributed by atoms with Crippen LogP contribution in [-0.4, -0.2) is 15.9 Å². The molecule has 0 unspecified atom stereocenters. The highest BCUT2D eigenvalue weighted by atomic mass is 16.1. The summed E-state index contributed by atoms with van der Waals surface area (Å²) in [7, 11) is 0. The largest absolute Gasteiger partial charge is 0.324 e. The minimum absolute atomic E-state index is 0.263. The molecule has 0 aliphatic heterocycles. The number of carbonyl (C=O) groups excluding carboxylic acids is 1. The zero-order valence-electron chi connectivity index (χ0n) is 14.3. The van der Waals surface area contributed by atoms with Crippen molar-refractivity contribution in [2.45, 2.75) is 20.3 Å². The Kier molecular flexibility index (Phi) is 5.04. The van der Waals surface area contributed by atoms with Crippen LogP contribution in [0.4, 0.5) is 17.3 Å². The van der Waals surface area contributed by atoms with Crippen molar-refractivity contribution >= 4 is 23.2 Å². The van der Waals surface area contributed by atoms with Crippen LogP contribution in [0.25, 0.3) is 0 Å². The summed E-state index contributed by atoms with van der Waals surface area (Å²) in [5.74, 6) is 0.128. The standard InChI is InChI=1S/C20H20N4O/c1-3-15-8-10-16(11-9-15)22-20-21-13-12-18(24-20)19(25)23-17-7-5-4-6-14(17)2/h4-13H,3H2,1-2H3,(H,23,25)(H,21,22,24). The van der Waals surface area contributed by atoms with Crippen molar-refractivity contribution in [1.29, 1.82) is 0 Å². The number of aromatic nitrogens is 2. The van der Waals surface area contributed by atoms with Gasteiger partial charge in [0.05, 0.1) is 0 Å². The maximum Gasteiger partial charge on any atom is 0.274 e. The zero-order chi connectivity index (χ0) is 17.6. The van der Waals surface area contributed by atoms with E-state index in [-0.39, 0.29) is 5.91 Å². The number of rotatable bonds is 5. The van der Waals surface area contributed by atoms with Crippen LogP contribution >= 0.6 is 0 Å². The predicted molar refractivity (Wildman–Crippen MR) is 100 cm³/mol. The van der Waals surface area contributed by atoms with Crippen LogP contribution in [0.2, 0.25) is 0 Å². The van der Waals surface area contributed by atoms with Gasteiger partial charge in [0, 0.05) is 17.6 Å². The molecule has 0 aliphatic carbocycles. The molecule has 0 atom stereocenters. The number of hydrogen-bond acceptors (Lipinski definition) is 4. The van der Waals surface area contributed by atoms with Crippen LogP contribution in [0.1, 0.15) is 28.5 Å². The topological polar surface area (TPSA) is 66.9 Å². The Balaban J connectivity index is 1.74. The third kappa shape index (κ3) is 4.20. The number of anilines is 3. The summed E-state index contributed by atoms with van der Waals surface area (Å²) in [5, 5.41) is 6.00. The van der Waals surface area contributed by atoms with Gasteiger partial charge in [-0.25, -0.2) is 9.97 Å². The van der Waals surface area contributed by atoms with E-state index >= 15 is 0 Å². The summed E-state index contributed by atoms with van der Waals surface area (Å²) in [5.41, 5.74) is 4.23. The van der Waals surface area contributed by atoms with Gasteiger partial charge in [-0.05, 0) is 48.7 Å². The smallest absolute Gasteiger partial charge is 0.274 e. The van der Waals surface area contributed by atoms with Gasteiger partial charge in [-0.1, -0.05) is 37.3 Å². The van der Waals surface area contributed by atoms with E-state index < -0.39 is 0 Å². The van der Waals surface area contributed by atoms with Gasteiger partial charge in [-0.3, -0.25) is 4.79 Å². The lowest BCUT2D eigenvalue weighted by atomic mass is 10.1. The van der Waals surface area contributed by atoms with Gasteiger partial charge >= 0.3 is 0 Å². The molecule has 0 saturated heterocycles. The number of benzene rings is 2. The molecule has 25 heavy (non-hydrogen) atoms. The molecule has 0 spiro atoms. The summed E-state index contributed by atoms with van der Waals surface area (Å²) >= 11 is 0. The molecule has 2 N–H and O–H groups in total. The Labute approximate surface area is 147 Å². The highest BCUT2D eigenvalue weighted by molar-refractivity contribution is 6.03. The first-order valence-electron chi connectivity index (χ1n) is 8.21. The van der Waals surface area contributed by atoms with E-state index in [2.05, 4.69) is 39.7 Å². The third-order valence-electron chi connectivity index (χ3n) is 3.90. The highest BCUT2D eigenvalue weighted by Crippen LogP contribution is 2.16. The van der Waals surface area contributed by atoms with Crippen molar-refractivity contribution in [3.8, 4) is 0 Å². The monoisotopic (exact) mass is 332 g/mol. The number of nitrogens with one attached hydrogen (secondary N) is 2. The number of nitrogens with zero attached hydrogens (tertiary/aromatic N) is 2. The van der Waals surface area contributed by atoms with E-state index in [9.17, 15) is 4.79 Å². The molecule has 0 fully saturated rings. The fraction of sp³-hybridized carbons (Fsp3) is 0.150. The van der Waals surface area contributed by atoms with Crippen LogP contribution in [0.3, 0.4) is 0 Å². The number of carbonyl (C=O) groups is 1. The summed E-state index contributed by atoms with van der Waals surface area (Å²) < 4.78 is 0. The molecule has 126 valence electrons. The van der Waals surface area contributed by atoms with Crippen LogP contribution in [-0.2, 0) is 6.42 Å². The molecule has 0 bridgehead atoms. The first kappa shape index (κ1) is 16.6. The molecule has 5 heteroatoms. The Morgan fingerprint density at radius 1 is 1.04 bits per heavy atom. The van der Waals surface area contributed by atoms with Crippen LogP contribution in [0, 0.1) is 6.92 Å². The predicted octanol–water partition coefficient (Wildman–Crippen LogP) is 4.34. The van der Waals surface area contributed by atoms with Crippen LogP contribution < -0.4 is 10.6 Å². The Bertz CT molecular complexity index is 875. The molecule has 1 amide bonds. The summed E-state index contributed by atoms with van der Waals surface area (Å²) in [4.78, 5) is 20.9. The van der Waals surface area contributed by atoms with Crippen molar-refractivity contribution in [3.05, 3.63) is 77.6 Å². The van der Waals surface area contributed by atoms with Crippen molar-refractivity contribution in [1.82, 2.24) is 9.97 Å². The second kappa shape index (κ2) is 7.57. The Morgan fingerprint density at radius 2 is 1.80 bits per heavy atom. The van der Waals surface area contributed by atoms with Crippen molar-refractivity contribution in [2.75, 3.05) is 10.6 Å². The average Bonchev–Trinajstić information content (AvgIpc) is 2.64. The fourth-order valence-electron chi connectivity index (χ4n) is 2.40. The average molecular weight is 332 g/mol. The molecule has 1 heterocycles. The molecule has 3 aromatic rings. The molecule has 0 saturated carbocycles. The first-order chi connectivity index (χ1) is 12.2. The Morgan fingerprint density at radius 3 is 2.52 bits per heavy atom. The number of aryl methyl sites for hydroxylation is 2. The quantitative estimate of drug-likeness (QED) is 0.729. The maximum absolute atomic E-state index is 12.4. The van der Waals surface area contributed by atoms with Gasteiger partial charge in [0.15, 0.2) is 0 Å². The highest BCUT2D eigenvalue weighted by Gasteiger charge is 2.10. The molecule has 0 radical (unpaired) electrons. The lowest BCUT2D eigenvalue weighted by molar-refractivity contribution is 0.102. The van der Waals surface area contributed by atoms with Gasteiger partial charge in [0.1, 0.15) is 5.69 Å². The van der Waals surface area contributed by atoms with E-state index in [0.29, 0.717) is 11.6 Å². The van der Waals surface area contributed by atoms with Gasteiger partial charge in [-0.15, -0.1) is 0 Å². The normalized spacial score (nSPS) is 10.3. The van der Waals surface area contributed by atoms with Gasteiger partial charge < -0.3 is 10.6 Å². The minimum Gasteiger partial charge on any atom is -0.324 e. The van der Waals surface area contributed by atoms with Gasteiger partial charge in [0.2, 0.25) is 5.95 Å². The molecule has 2 aromatic carbocycles. The lowest BCUT2D eigenvalue weighted by Crippen LogP contribution is -2.15. The minimum atomic E-state index is -0.263. The SMILES string of the molecule is CCc1ccc(Nc2nccc(C(=O)Nc3ccccc3C)n2)cc1. The van der Waals surface area contributed by atoms with Crippen molar-refractivity contribution < 1.29 is 4.79 Å². The van der Waals surface area contributed by atoms with Crippen LogP contribution in [0.5, 0.6) is 0 Å². The van der Waals surface area contributed by atoms with Gasteiger partial charge in [0.25, 0.3) is 5.91 Å². The van der Waals surface area contributed by atoms with E-state index in [4.69, 9.17) is 0 Å². The van der Waals surface area contributed by atoms with E-state index in [1.165, 1.54) is 5.56 Å². The van der Waals surface area contributed by atoms with Gasteiger partial charge in [-0.2, -0.15) is 0 Å². The molecule has 5 nitrogen and oxygen atoms in total. The number of para-hydroxylation sites is 1. The second-order valence-corrected chi connectivity index (χ2v) is 5.71.